The number of ether oxygens (including phenoxy) is 3. The maximum Gasteiger partial charge on any atom is 0.410 e. The number of carbonyl (C=O) groups excluding carboxylic acids is 1. The molecule has 8 heteroatoms. The van der Waals surface area contributed by atoms with Crippen molar-refractivity contribution >= 4 is 6.09 Å². The summed E-state index contributed by atoms with van der Waals surface area (Å²) in [6, 6.07) is 1.71. The number of hydrogen-bond acceptors (Lipinski definition) is 4. The van der Waals surface area contributed by atoms with E-state index in [1.54, 1.807) is 20.8 Å². The van der Waals surface area contributed by atoms with Gasteiger partial charge in [0.25, 0.3) is 0 Å². The first-order chi connectivity index (χ1) is 11.7. The predicted molar refractivity (Wildman–Crippen MR) is 82.4 cm³/mol. The van der Waals surface area contributed by atoms with E-state index in [0.29, 0.717) is 24.9 Å². The molecule has 0 bridgehead atoms. The van der Waals surface area contributed by atoms with Crippen molar-refractivity contribution in [3.8, 4) is 11.5 Å². The number of alkyl halides is 2. The predicted octanol–water partition coefficient (Wildman–Crippen LogP) is 4.26. The molecule has 2 heterocycles. The van der Waals surface area contributed by atoms with E-state index in [0.717, 1.165) is 12.1 Å². The molecule has 0 radical (unpaired) electrons. The third kappa shape index (κ3) is 3.62. The number of halogens is 3. The fourth-order valence-corrected chi connectivity index (χ4v) is 3.21. The van der Waals surface area contributed by atoms with E-state index in [1.165, 1.54) is 4.90 Å². The first-order valence-electron chi connectivity index (χ1n) is 8.10. The first kappa shape index (κ1) is 17.7. The summed E-state index contributed by atoms with van der Waals surface area (Å²) in [6.07, 6.45) is 0.507. The number of nitrogens with zero attached hydrogens (tertiary/aromatic N) is 1. The van der Waals surface area contributed by atoms with E-state index in [-0.39, 0.29) is 11.9 Å². The molecule has 0 saturated carbocycles. The number of piperidine rings is 1. The van der Waals surface area contributed by atoms with Crippen molar-refractivity contribution in [3.05, 3.63) is 23.5 Å². The summed E-state index contributed by atoms with van der Waals surface area (Å²) in [7, 11) is 0. The van der Waals surface area contributed by atoms with Crippen molar-refractivity contribution < 1.29 is 32.2 Å². The SMILES string of the molecule is CC(C)(C)OC(=O)N1CCC[C@@H]2Oc3cc(OC(F)F)c(F)cc3[C@@H]21. The average molecular weight is 359 g/mol. The maximum atomic E-state index is 14.1. The highest BCUT2D eigenvalue weighted by molar-refractivity contribution is 5.70. The maximum absolute atomic E-state index is 14.1. The molecular formula is C17H20F3NO4. The Kier molecular flexibility index (Phi) is 4.47. The molecular weight excluding hydrogens is 339 g/mol. The third-order valence-electron chi connectivity index (χ3n) is 4.08. The molecule has 138 valence electrons. The minimum absolute atomic E-state index is 0.252. The fourth-order valence-electron chi connectivity index (χ4n) is 3.21. The van der Waals surface area contributed by atoms with Gasteiger partial charge < -0.3 is 14.2 Å². The molecule has 1 fully saturated rings. The van der Waals surface area contributed by atoms with Crippen molar-refractivity contribution in [2.45, 2.75) is 58.0 Å². The summed E-state index contributed by atoms with van der Waals surface area (Å²) >= 11 is 0. The molecule has 2 aliphatic rings. The summed E-state index contributed by atoms with van der Waals surface area (Å²) in [5.74, 6) is -1.24. The summed E-state index contributed by atoms with van der Waals surface area (Å²) in [5, 5.41) is 0. The van der Waals surface area contributed by atoms with Crippen LogP contribution in [0.3, 0.4) is 0 Å². The Morgan fingerprint density at radius 2 is 2.08 bits per heavy atom. The fraction of sp³-hybridized carbons (Fsp3) is 0.588. The van der Waals surface area contributed by atoms with E-state index in [4.69, 9.17) is 9.47 Å². The molecule has 1 aromatic carbocycles. The number of amides is 1. The standard InChI is InChI=1S/C17H20F3NO4/c1-17(2,3)25-16(22)21-6-4-5-11-14(21)9-7-10(18)13(24-15(19)20)8-12(9)23-11/h7-8,11,14-15H,4-6H2,1-3H3/t11-,14-/m0/s1. The average Bonchev–Trinajstić information content (AvgIpc) is 2.82. The first-order valence-corrected chi connectivity index (χ1v) is 8.10. The van der Waals surface area contributed by atoms with Crippen LogP contribution in [0.4, 0.5) is 18.0 Å². The number of hydrogen-bond donors (Lipinski definition) is 0. The molecule has 1 aromatic rings. The molecule has 0 N–H and O–H groups in total. The molecule has 1 saturated heterocycles. The van der Waals surface area contributed by atoms with Crippen LogP contribution in [0.2, 0.25) is 0 Å². The van der Waals surface area contributed by atoms with Gasteiger partial charge in [-0.15, -0.1) is 0 Å². The summed E-state index contributed by atoms with van der Waals surface area (Å²) in [4.78, 5) is 14.0. The summed E-state index contributed by atoms with van der Waals surface area (Å²) in [6.45, 7) is 2.61. The minimum atomic E-state index is -3.13. The van der Waals surface area contributed by atoms with Gasteiger partial charge in [0.1, 0.15) is 23.5 Å². The van der Waals surface area contributed by atoms with E-state index in [1.807, 2.05) is 0 Å². The molecule has 0 unspecified atom stereocenters. The lowest BCUT2D eigenvalue weighted by Gasteiger charge is -2.37. The zero-order valence-electron chi connectivity index (χ0n) is 14.2. The largest absolute Gasteiger partial charge is 0.487 e. The van der Waals surface area contributed by atoms with E-state index in [2.05, 4.69) is 4.74 Å². The number of fused-ring (bicyclic) bond motifs is 3. The Morgan fingerprint density at radius 3 is 2.72 bits per heavy atom. The van der Waals surface area contributed by atoms with Gasteiger partial charge in [-0.25, -0.2) is 9.18 Å². The molecule has 0 aliphatic carbocycles. The van der Waals surface area contributed by atoms with Crippen molar-refractivity contribution in [1.82, 2.24) is 4.90 Å². The molecule has 2 atom stereocenters. The Morgan fingerprint density at radius 1 is 1.36 bits per heavy atom. The monoisotopic (exact) mass is 359 g/mol. The van der Waals surface area contributed by atoms with Crippen LogP contribution in [0, 0.1) is 5.82 Å². The molecule has 0 spiro atoms. The van der Waals surface area contributed by atoms with Gasteiger partial charge in [0.2, 0.25) is 0 Å². The lowest BCUT2D eigenvalue weighted by atomic mass is 9.94. The highest BCUT2D eigenvalue weighted by Gasteiger charge is 2.45. The second-order valence-electron chi connectivity index (χ2n) is 7.12. The van der Waals surface area contributed by atoms with Gasteiger partial charge in [-0.1, -0.05) is 0 Å². The van der Waals surface area contributed by atoms with Crippen LogP contribution in [0.5, 0.6) is 11.5 Å². The Bertz CT molecular complexity index is 675. The highest BCUT2D eigenvalue weighted by atomic mass is 19.3. The van der Waals surface area contributed by atoms with Gasteiger partial charge in [0, 0.05) is 18.2 Å². The molecule has 25 heavy (non-hydrogen) atoms. The molecule has 3 rings (SSSR count). The zero-order valence-corrected chi connectivity index (χ0v) is 14.2. The van der Waals surface area contributed by atoms with Gasteiger partial charge in [-0.05, 0) is 39.7 Å². The number of rotatable bonds is 2. The normalized spacial score (nSPS) is 22.3. The third-order valence-corrected chi connectivity index (χ3v) is 4.08. The Hall–Kier alpha value is -2.12. The topological polar surface area (TPSA) is 48.0 Å². The molecule has 1 amide bonds. The quantitative estimate of drug-likeness (QED) is 0.792. The van der Waals surface area contributed by atoms with Crippen LogP contribution >= 0.6 is 0 Å². The van der Waals surface area contributed by atoms with Crippen LogP contribution in [0.25, 0.3) is 0 Å². The van der Waals surface area contributed by atoms with Crippen LogP contribution in [0.1, 0.15) is 45.2 Å². The van der Waals surface area contributed by atoms with E-state index >= 15 is 0 Å². The van der Waals surface area contributed by atoms with Crippen molar-refractivity contribution in [3.63, 3.8) is 0 Å². The summed E-state index contributed by atoms with van der Waals surface area (Å²) in [5.41, 5.74) is -0.221. The van der Waals surface area contributed by atoms with Crippen molar-refractivity contribution in [1.29, 1.82) is 0 Å². The van der Waals surface area contributed by atoms with Gasteiger partial charge in [-0.3, -0.25) is 4.90 Å². The van der Waals surface area contributed by atoms with Crippen LogP contribution in [-0.2, 0) is 4.74 Å². The lowest BCUT2D eigenvalue weighted by Crippen LogP contribution is -2.46. The minimum Gasteiger partial charge on any atom is -0.487 e. The Labute approximate surface area is 143 Å². The number of likely N-dealkylation sites (tertiary alicyclic amines) is 1. The van der Waals surface area contributed by atoms with Crippen LogP contribution < -0.4 is 9.47 Å². The van der Waals surface area contributed by atoms with E-state index in [9.17, 15) is 18.0 Å². The lowest BCUT2D eigenvalue weighted by molar-refractivity contribution is -0.0523. The molecule has 5 nitrogen and oxygen atoms in total. The van der Waals surface area contributed by atoms with Gasteiger partial charge >= 0.3 is 12.7 Å². The smallest absolute Gasteiger partial charge is 0.410 e. The molecule has 0 aromatic heterocycles. The van der Waals surface area contributed by atoms with Crippen molar-refractivity contribution in [2.75, 3.05) is 6.54 Å². The second kappa shape index (κ2) is 6.31. The van der Waals surface area contributed by atoms with Crippen molar-refractivity contribution in [2.24, 2.45) is 0 Å². The highest BCUT2D eigenvalue weighted by Crippen LogP contribution is 2.47. The van der Waals surface area contributed by atoms with Gasteiger partial charge in [-0.2, -0.15) is 8.78 Å². The summed E-state index contributed by atoms with van der Waals surface area (Å²) < 4.78 is 54.2. The van der Waals surface area contributed by atoms with E-state index < -0.39 is 35.9 Å². The second-order valence-corrected chi connectivity index (χ2v) is 7.12. The van der Waals surface area contributed by atoms with Crippen LogP contribution in [0.15, 0.2) is 12.1 Å². The number of carbonyl (C=O) groups is 1. The number of benzene rings is 1. The van der Waals surface area contributed by atoms with Gasteiger partial charge in [0.05, 0.1) is 0 Å². The van der Waals surface area contributed by atoms with Crippen LogP contribution in [-0.4, -0.2) is 35.9 Å². The molecule has 2 aliphatic heterocycles. The zero-order chi connectivity index (χ0) is 18.4. The van der Waals surface area contributed by atoms with Gasteiger partial charge in [0.15, 0.2) is 11.6 Å². The Balaban J connectivity index is 1.91.